The average Bonchev–Trinajstić information content (AvgIpc) is 2.54. The maximum Gasteiger partial charge on any atom is 0.0117 e. The second-order valence-electron chi connectivity index (χ2n) is 4.06. The van der Waals surface area contributed by atoms with Crippen molar-refractivity contribution in [2.75, 3.05) is 13.1 Å². The van der Waals surface area contributed by atoms with E-state index in [4.69, 9.17) is 6.42 Å². The van der Waals surface area contributed by atoms with E-state index in [1.807, 2.05) is 0 Å². The molecule has 0 aromatic carbocycles. The fraction of sp³-hybridized carbons (Fsp3) is 0.833. The summed E-state index contributed by atoms with van der Waals surface area (Å²) < 4.78 is 0. The first-order valence-electron chi connectivity index (χ1n) is 5.52. The molecule has 0 bridgehead atoms. The van der Waals surface area contributed by atoms with Gasteiger partial charge in [0.25, 0.3) is 0 Å². The van der Waals surface area contributed by atoms with Crippen molar-refractivity contribution in [3.05, 3.63) is 0 Å². The van der Waals surface area contributed by atoms with Crippen molar-refractivity contribution in [2.24, 2.45) is 11.8 Å². The topological polar surface area (TPSA) is 12.0 Å². The quantitative estimate of drug-likeness (QED) is 0.505. The van der Waals surface area contributed by atoms with E-state index in [0.29, 0.717) is 0 Å². The van der Waals surface area contributed by atoms with Crippen LogP contribution in [0.2, 0.25) is 0 Å². The maximum absolute atomic E-state index is 5.35. The van der Waals surface area contributed by atoms with E-state index in [1.54, 1.807) is 0 Å². The minimum atomic E-state index is 0.800. The molecule has 0 heterocycles. The Kier molecular flexibility index (Phi) is 4.93. The summed E-state index contributed by atoms with van der Waals surface area (Å²) in [5.41, 5.74) is 0. The molecule has 1 heteroatoms. The van der Waals surface area contributed by atoms with Crippen LogP contribution < -0.4 is 5.32 Å². The lowest BCUT2D eigenvalue weighted by molar-refractivity contribution is 0.374. The Morgan fingerprint density at radius 3 is 2.85 bits per heavy atom. The molecule has 1 rings (SSSR count). The summed E-state index contributed by atoms with van der Waals surface area (Å²) in [6, 6.07) is 0. The van der Waals surface area contributed by atoms with Crippen LogP contribution in [-0.2, 0) is 0 Å². The molecular formula is C12H21N. The van der Waals surface area contributed by atoms with E-state index in [1.165, 1.54) is 32.2 Å². The highest BCUT2D eigenvalue weighted by Crippen LogP contribution is 2.33. The van der Waals surface area contributed by atoms with Crippen molar-refractivity contribution in [1.82, 2.24) is 5.32 Å². The normalized spacial score (nSPS) is 27.4. The fourth-order valence-corrected chi connectivity index (χ4v) is 2.27. The Balaban J connectivity index is 2.19. The Hall–Kier alpha value is -0.480. The smallest absolute Gasteiger partial charge is 0.0117 e. The molecule has 0 aliphatic heterocycles. The minimum absolute atomic E-state index is 0.800. The van der Waals surface area contributed by atoms with Crippen LogP contribution in [0.3, 0.4) is 0 Å². The van der Waals surface area contributed by atoms with E-state index in [-0.39, 0.29) is 0 Å². The minimum Gasteiger partial charge on any atom is -0.316 e. The first kappa shape index (κ1) is 10.6. The molecule has 2 atom stereocenters. The molecule has 1 aliphatic carbocycles. The van der Waals surface area contributed by atoms with Crippen LogP contribution >= 0.6 is 0 Å². The molecule has 0 saturated heterocycles. The molecule has 0 aromatic rings. The molecule has 0 radical (unpaired) electrons. The van der Waals surface area contributed by atoms with Crippen LogP contribution in [0, 0.1) is 24.2 Å². The highest BCUT2D eigenvalue weighted by atomic mass is 14.9. The van der Waals surface area contributed by atoms with Crippen molar-refractivity contribution < 1.29 is 0 Å². The lowest BCUT2D eigenvalue weighted by Gasteiger charge is -2.17. The predicted molar refractivity (Wildman–Crippen MR) is 57.4 cm³/mol. The van der Waals surface area contributed by atoms with Crippen molar-refractivity contribution in [2.45, 2.75) is 39.0 Å². The third-order valence-electron chi connectivity index (χ3n) is 3.03. The predicted octanol–water partition coefficient (Wildman–Crippen LogP) is 2.43. The summed E-state index contributed by atoms with van der Waals surface area (Å²) in [5, 5.41) is 3.50. The zero-order valence-corrected chi connectivity index (χ0v) is 8.68. The third kappa shape index (κ3) is 3.40. The van der Waals surface area contributed by atoms with Gasteiger partial charge in [0.15, 0.2) is 0 Å². The van der Waals surface area contributed by atoms with E-state index < -0.39 is 0 Å². The van der Waals surface area contributed by atoms with Crippen LogP contribution in [0.1, 0.15) is 39.0 Å². The molecule has 1 fully saturated rings. The summed E-state index contributed by atoms with van der Waals surface area (Å²) in [6.45, 7) is 4.54. The molecule has 0 amide bonds. The van der Waals surface area contributed by atoms with Gasteiger partial charge in [0.05, 0.1) is 0 Å². The van der Waals surface area contributed by atoms with Crippen molar-refractivity contribution in [3.8, 4) is 12.3 Å². The standard InChI is InChI=1S/C12H21N/c1-3-6-11-7-5-8-12(11)10-13-9-4-2/h1,11-13H,4-10H2,2H3. The monoisotopic (exact) mass is 179 g/mol. The number of nitrogens with one attached hydrogen (secondary N) is 1. The fourth-order valence-electron chi connectivity index (χ4n) is 2.27. The average molecular weight is 179 g/mol. The second-order valence-corrected chi connectivity index (χ2v) is 4.06. The van der Waals surface area contributed by atoms with Crippen LogP contribution in [0.15, 0.2) is 0 Å². The first-order valence-corrected chi connectivity index (χ1v) is 5.52. The molecule has 1 nitrogen and oxygen atoms in total. The van der Waals surface area contributed by atoms with Gasteiger partial charge in [-0.05, 0) is 44.2 Å². The number of terminal acetylenes is 1. The lowest BCUT2D eigenvalue weighted by atomic mass is 9.93. The number of hydrogen-bond donors (Lipinski definition) is 1. The summed E-state index contributed by atoms with van der Waals surface area (Å²) >= 11 is 0. The Morgan fingerprint density at radius 1 is 1.38 bits per heavy atom. The molecule has 13 heavy (non-hydrogen) atoms. The van der Waals surface area contributed by atoms with E-state index in [0.717, 1.165) is 24.8 Å². The van der Waals surface area contributed by atoms with Gasteiger partial charge in [-0.15, -0.1) is 12.3 Å². The van der Waals surface area contributed by atoms with Gasteiger partial charge in [-0.2, -0.15) is 0 Å². The highest BCUT2D eigenvalue weighted by molar-refractivity contribution is 4.91. The largest absolute Gasteiger partial charge is 0.316 e. The Bertz CT molecular complexity index is 168. The molecular weight excluding hydrogens is 158 g/mol. The van der Waals surface area contributed by atoms with Gasteiger partial charge in [0.2, 0.25) is 0 Å². The summed E-state index contributed by atoms with van der Waals surface area (Å²) in [5.74, 6) is 4.45. The van der Waals surface area contributed by atoms with Crippen molar-refractivity contribution >= 4 is 0 Å². The van der Waals surface area contributed by atoms with E-state index in [9.17, 15) is 0 Å². The van der Waals surface area contributed by atoms with Gasteiger partial charge in [-0.1, -0.05) is 13.3 Å². The Labute approximate surface area is 82.3 Å². The van der Waals surface area contributed by atoms with Crippen molar-refractivity contribution in [1.29, 1.82) is 0 Å². The van der Waals surface area contributed by atoms with E-state index in [2.05, 4.69) is 18.2 Å². The Morgan fingerprint density at radius 2 is 2.15 bits per heavy atom. The molecule has 0 spiro atoms. The van der Waals surface area contributed by atoms with Crippen LogP contribution in [-0.4, -0.2) is 13.1 Å². The molecule has 1 saturated carbocycles. The maximum atomic E-state index is 5.35. The van der Waals surface area contributed by atoms with Gasteiger partial charge in [0.1, 0.15) is 0 Å². The zero-order valence-electron chi connectivity index (χ0n) is 8.68. The van der Waals surface area contributed by atoms with Gasteiger partial charge in [-0.25, -0.2) is 0 Å². The zero-order chi connectivity index (χ0) is 9.52. The molecule has 1 aliphatic rings. The van der Waals surface area contributed by atoms with Gasteiger partial charge >= 0.3 is 0 Å². The number of hydrogen-bond acceptors (Lipinski definition) is 1. The SMILES string of the molecule is C#CCC1CCCC1CNCCC. The van der Waals surface area contributed by atoms with E-state index >= 15 is 0 Å². The van der Waals surface area contributed by atoms with Crippen LogP contribution in [0.25, 0.3) is 0 Å². The second kappa shape index (κ2) is 6.05. The van der Waals surface area contributed by atoms with Crippen LogP contribution in [0.5, 0.6) is 0 Å². The van der Waals surface area contributed by atoms with Gasteiger partial charge < -0.3 is 5.32 Å². The summed E-state index contributed by atoms with van der Waals surface area (Å²) in [6.07, 6.45) is 11.7. The number of rotatable bonds is 5. The van der Waals surface area contributed by atoms with Crippen LogP contribution in [0.4, 0.5) is 0 Å². The van der Waals surface area contributed by atoms with Crippen molar-refractivity contribution in [3.63, 3.8) is 0 Å². The van der Waals surface area contributed by atoms with Gasteiger partial charge in [-0.3, -0.25) is 0 Å². The molecule has 74 valence electrons. The lowest BCUT2D eigenvalue weighted by Crippen LogP contribution is -2.25. The third-order valence-corrected chi connectivity index (χ3v) is 3.03. The first-order chi connectivity index (χ1) is 6.38. The van der Waals surface area contributed by atoms with Gasteiger partial charge in [0, 0.05) is 6.42 Å². The summed E-state index contributed by atoms with van der Waals surface area (Å²) in [7, 11) is 0. The highest BCUT2D eigenvalue weighted by Gasteiger charge is 2.25. The summed E-state index contributed by atoms with van der Waals surface area (Å²) in [4.78, 5) is 0. The molecule has 1 N–H and O–H groups in total. The molecule has 0 aromatic heterocycles. The molecule has 2 unspecified atom stereocenters.